The molecule has 0 aliphatic heterocycles. The Bertz CT molecular complexity index is 240. The molecule has 0 amide bonds. The number of ether oxygens (including phenoxy) is 2. The minimum Gasteiger partial charge on any atom is -0.379 e. The lowest BCUT2D eigenvalue weighted by Crippen LogP contribution is -2.49. The van der Waals surface area contributed by atoms with Crippen molar-refractivity contribution in [2.24, 2.45) is 11.8 Å². The second-order valence-corrected chi connectivity index (χ2v) is 6.37. The second-order valence-electron chi connectivity index (χ2n) is 6.37. The number of methoxy groups -OCH3 is 2. The summed E-state index contributed by atoms with van der Waals surface area (Å²) < 4.78 is 11.2. The largest absolute Gasteiger partial charge is 0.379 e. The van der Waals surface area contributed by atoms with Crippen LogP contribution in [-0.2, 0) is 9.47 Å². The molecule has 1 aliphatic rings. The molecule has 1 rings (SSSR count). The third-order valence-electron chi connectivity index (χ3n) is 4.61. The topological polar surface area (TPSA) is 56.5 Å². The minimum absolute atomic E-state index is 0.0973. The molecular weight excluding hydrogens is 240 g/mol. The number of hydrazine groups is 1. The van der Waals surface area contributed by atoms with E-state index in [0.29, 0.717) is 5.92 Å². The Labute approximate surface area is 118 Å². The highest BCUT2D eigenvalue weighted by Crippen LogP contribution is 2.31. The molecule has 0 radical (unpaired) electrons. The molecule has 1 saturated carbocycles. The highest BCUT2D eigenvalue weighted by Gasteiger charge is 2.31. The first-order valence-corrected chi connectivity index (χ1v) is 7.58. The van der Waals surface area contributed by atoms with Gasteiger partial charge in [-0.05, 0) is 45.4 Å². The summed E-state index contributed by atoms with van der Waals surface area (Å²) in [5.41, 5.74) is 2.87. The maximum atomic E-state index is 5.76. The molecule has 0 heterocycles. The fourth-order valence-electron chi connectivity index (χ4n) is 3.10. The summed E-state index contributed by atoms with van der Waals surface area (Å²) in [6, 6.07) is 0.211. The third-order valence-corrected chi connectivity index (χ3v) is 4.61. The lowest BCUT2D eigenvalue weighted by Gasteiger charge is -2.36. The first kappa shape index (κ1) is 16.9. The van der Waals surface area contributed by atoms with E-state index in [2.05, 4.69) is 19.3 Å². The van der Waals surface area contributed by atoms with Crippen molar-refractivity contribution in [3.05, 3.63) is 0 Å². The molecule has 0 aromatic heterocycles. The van der Waals surface area contributed by atoms with Crippen molar-refractivity contribution in [2.45, 2.75) is 76.5 Å². The molecule has 2 unspecified atom stereocenters. The van der Waals surface area contributed by atoms with Gasteiger partial charge in [0, 0.05) is 20.3 Å². The van der Waals surface area contributed by atoms with Gasteiger partial charge < -0.3 is 9.47 Å². The van der Waals surface area contributed by atoms with Crippen molar-refractivity contribution in [1.82, 2.24) is 5.43 Å². The third kappa shape index (κ3) is 5.38. The molecule has 3 N–H and O–H groups in total. The van der Waals surface area contributed by atoms with E-state index in [1.807, 2.05) is 7.11 Å². The van der Waals surface area contributed by atoms with Crippen LogP contribution in [0.3, 0.4) is 0 Å². The van der Waals surface area contributed by atoms with E-state index in [1.54, 1.807) is 7.11 Å². The van der Waals surface area contributed by atoms with Crippen LogP contribution in [0.15, 0.2) is 0 Å². The van der Waals surface area contributed by atoms with E-state index in [1.165, 1.54) is 32.1 Å². The average molecular weight is 272 g/mol. The highest BCUT2D eigenvalue weighted by atomic mass is 16.5. The lowest BCUT2D eigenvalue weighted by molar-refractivity contribution is -0.0156. The SMILES string of the molecule is COC(C1CCCCC1)C(CCC(C)(C)OC)NN. The number of rotatable bonds is 8. The zero-order chi connectivity index (χ0) is 14.3. The van der Waals surface area contributed by atoms with E-state index in [-0.39, 0.29) is 17.7 Å². The van der Waals surface area contributed by atoms with Gasteiger partial charge in [-0.3, -0.25) is 11.3 Å². The summed E-state index contributed by atoms with van der Waals surface area (Å²) in [5, 5.41) is 0. The van der Waals surface area contributed by atoms with Crippen LogP contribution in [0.2, 0.25) is 0 Å². The van der Waals surface area contributed by atoms with Crippen LogP contribution >= 0.6 is 0 Å². The van der Waals surface area contributed by atoms with Crippen LogP contribution in [0.25, 0.3) is 0 Å². The fourth-order valence-corrected chi connectivity index (χ4v) is 3.10. The molecule has 4 heteroatoms. The van der Waals surface area contributed by atoms with Gasteiger partial charge in [-0.25, -0.2) is 0 Å². The number of hydrogen-bond acceptors (Lipinski definition) is 4. The van der Waals surface area contributed by atoms with Crippen molar-refractivity contribution < 1.29 is 9.47 Å². The van der Waals surface area contributed by atoms with Gasteiger partial charge in [0.15, 0.2) is 0 Å². The van der Waals surface area contributed by atoms with Gasteiger partial charge in [-0.15, -0.1) is 0 Å². The molecule has 0 spiro atoms. The van der Waals surface area contributed by atoms with Crippen molar-refractivity contribution in [3.63, 3.8) is 0 Å². The van der Waals surface area contributed by atoms with Crippen LogP contribution in [-0.4, -0.2) is 32.0 Å². The molecule has 0 aromatic carbocycles. The maximum absolute atomic E-state index is 5.76. The highest BCUT2D eigenvalue weighted by molar-refractivity contribution is 4.85. The van der Waals surface area contributed by atoms with Crippen LogP contribution in [0.4, 0.5) is 0 Å². The monoisotopic (exact) mass is 272 g/mol. The van der Waals surface area contributed by atoms with Gasteiger partial charge >= 0.3 is 0 Å². The minimum atomic E-state index is -0.0973. The molecule has 1 aliphatic carbocycles. The molecule has 1 fully saturated rings. The zero-order valence-corrected chi connectivity index (χ0v) is 13.1. The standard InChI is InChI=1S/C15H32N2O2/c1-15(2,19-4)11-10-13(17-16)14(18-3)12-8-6-5-7-9-12/h12-14,17H,5-11,16H2,1-4H3. The predicted molar refractivity (Wildman–Crippen MR) is 78.8 cm³/mol. The fraction of sp³-hybridized carbons (Fsp3) is 1.00. The van der Waals surface area contributed by atoms with Crippen LogP contribution < -0.4 is 11.3 Å². The quantitative estimate of drug-likeness (QED) is 0.527. The summed E-state index contributed by atoms with van der Waals surface area (Å²) in [6.45, 7) is 4.23. The van der Waals surface area contributed by atoms with Gasteiger partial charge in [0.2, 0.25) is 0 Å². The molecule has 2 atom stereocenters. The number of hydrogen-bond donors (Lipinski definition) is 2. The Balaban J connectivity index is 2.54. The normalized spacial score (nSPS) is 21.3. The molecule has 19 heavy (non-hydrogen) atoms. The first-order valence-electron chi connectivity index (χ1n) is 7.58. The Morgan fingerprint density at radius 3 is 2.32 bits per heavy atom. The zero-order valence-electron chi connectivity index (χ0n) is 13.1. The molecule has 0 aromatic rings. The van der Waals surface area contributed by atoms with E-state index in [0.717, 1.165) is 12.8 Å². The molecule has 0 bridgehead atoms. The molecule has 4 nitrogen and oxygen atoms in total. The second kappa shape index (κ2) is 8.20. The Hall–Kier alpha value is -0.160. The maximum Gasteiger partial charge on any atom is 0.0765 e. The van der Waals surface area contributed by atoms with Crippen molar-refractivity contribution in [1.29, 1.82) is 0 Å². The van der Waals surface area contributed by atoms with Gasteiger partial charge in [-0.2, -0.15) is 0 Å². The lowest BCUT2D eigenvalue weighted by atomic mass is 9.81. The number of nitrogens with two attached hydrogens (primary N) is 1. The summed E-state index contributed by atoms with van der Waals surface area (Å²) in [5.74, 6) is 6.40. The molecule has 0 saturated heterocycles. The van der Waals surface area contributed by atoms with Gasteiger partial charge in [0.05, 0.1) is 11.7 Å². The van der Waals surface area contributed by atoms with Crippen LogP contribution in [0, 0.1) is 5.92 Å². The van der Waals surface area contributed by atoms with Gasteiger partial charge in [-0.1, -0.05) is 19.3 Å². The summed E-state index contributed by atoms with van der Waals surface area (Å²) in [4.78, 5) is 0. The van der Waals surface area contributed by atoms with E-state index in [4.69, 9.17) is 15.3 Å². The first-order chi connectivity index (χ1) is 9.04. The van der Waals surface area contributed by atoms with Crippen molar-refractivity contribution in [3.8, 4) is 0 Å². The summed E-state index contributed by atoms with van der Waals surface area (Å²) in [7, 11) is 3.57. The summed E-state index contributed by atoms with van der Waals surface area (Å²) in [6.07, 6.45) is 8.73. The Morgan fingerprint density at radius 1 is 1.21 bits per heavy atom. The van der Waals surface area contributed by atoms with Crippen molar-refractivity contribution >= 4 is 0 Å². The Kier molecular flexibility index (Phi) is 7.29. The van der Waals surface area contributed by atoms with Crippen molar-refractivity contribution in [2.75, 3.05) is 14.2 Å². The van der Waals surface area contributed by atoms with Gasteiger partial charge in [0.1, 0.15) is 0 Å². The average Bonchev–Trinajstić information content (AvgIpc) is 2.44. The van der Waals surface area contributed by atoms with Crippen LogP contribution in [0.5, 0.6) is 0 Å². The molecular formula is C15H32N2O2. The van der Waals surface area contributed by atoms with E-state index >= 15 is 0 Å². The van der Waals surface area contributed by atoms with E-state index in [9.17, 15) is 0 Å². The Morgan fingerprint density at radius 2 is 1.84 bits per heavy atom. The smallest absolute Gasteiger partial charge is 0.0765 e. The number of nitrogens with one attached hydrogen (secondary N) is 1. The van der Waals surface area contributed by atoms with Crippen LogP contribution in [0.1, 0.15) is 58.8 Å². The summed E-state index contributed by atoms with van der Waals surface area (Å²) >= 11 is 0. The van der Waals surface area contributed by atoms with E-state index < -0.39 is 0 Å². The predicted octanol–water partition coefficient (Wildman–Crippen LogP) is 2.62. The van der Waals surface area contributed by atoms with Gasteiger partial charge in [0.25, 0.3) is 0 Å². The molecule has 114 valence electrons.